The highest BCUT2D eigenvalue weighted by Crippen LogP contribution is 2.21. The number of rotatable bonds is 7. The van der Waals surface area contributed by atoms with E-state index in [0.717, 1.165) is 5.56 Å². The quantitative estimate of drug-likeness (QED) is 0.473. The van der Waals surface area contributed by atoms with Crippen LogP contribution in [0.4, 0.5) is 18.9 Å². The number of aliphatic hydroxyl groups excluding tert-OH is 1. The first kappa shape index (κ1) is 23.8. The maximum atomic E-state index is 12.4. The van der Waals surface area contributed by atoms with E-state index in [1.165, 1.54) is 12.1 Å². The number of hydrogen-bond donors (Lipinski definition) is 3. The second kappa shape index (κ2) is 9.75. The lowest BCUT2D eigenvalue weighted by Gasteiger charge is -2.23. The molecule has 0 bridgehead atoms. The second-order valence-electron chi connectivity index (χ2n) is 7.38. The van der Waals surface area contributed by atoms with Crippen LogP contribution in [0.1, 0.15) is 21.7 Å². The second-order valence-corrected chi connectivity index (χ2v) is 7.38. The Morgan fingerprint density at radius 3 is 2.61 bits per heavy atom. The van der Waals surface area contributed by atoms with Crippen LogP contribution in [0.15, 0.2) is 47.3 Å². The number of carbonyl (C=O) groups excluding carboxylic acids is 1. The van der Waals surface area contributed by atoms with Crippen molar-refractivity contribution >= 4 is 22.5 Å². The van der Waals surface area contributed by atoms with E-state index in [4.69, 9.17) is 11.5 Å². The van der Waals surface area contributed by atoms with E-state index < -0.39 is 24.7 Å². The van der Waals surface area contributed by atoms with Gasteiger partial charge in [-0.15, -0.1) is 6.42 Å². The number of aryl methyl sites for hydroxylation is 1. The number of carbonyl (C=O) groups is 1. The van der Waals surface area contributed by atoms with Crippen molar-refractivity contribution in [2.75, 3.05) is 18.0 Å². The molecular formula is C23H21F3N4O3. The minimum atomic E-state index is -4.81. The summed E-state index contributed by atoms with van der Waals surface area (Å²) in [6.07, 6.45) is -1.95. The maximum Gasteiger partial charge on any atom is 0.416 e. The first-order valence-electron chi connectivity index (χ1n) is 9.89. The van der Waals surface area contributed by atoms with Gasteiger partial charge >= 0.3 is 6.18 Å². The summed E-state index contributed by atoms with van der Waals surface area (Å²) in [6.45, 7) is 1.37. The molecule has 0 aliphatic rings. The molecule has 0 spiro atoms. The van der Waals surface area contributed by atoms with Gasteiger partial charge in [0.1, 0.15) is 5.82 Å². The third kappa shape index (κ3) is 5.90. The Morgan fingerprint density at radius 2 is 1.97 bits per heavy atom. The highest BCUT2D eigenvalue weighted by molar-refractivity contribution is 5.94. The van der Waals surface area contributed by atoms with Crippen LogP contribution in [0.5, 0.6) is 0 Å². The molecule has 1 heterocycles. The number of amides is 1. The van der Waals surface area contributed by atoms with Crippen molar-refractivity contribution in [3.63, 3.8) is 0 Å². The standard InChI is InChI=1S/C23H21F3N4O3/c1-3-10-30(13-15-4-9-19-18(11-15)22(33)29-14(2)28-19)17-7-5-16(6-8-17)21(32)27-12-20(31)23(24,25)26/h1,4-9,11,20,31H,10,12-13H2,2H3,(H,27,32)(H,28,29,33). The predicted molar refractivity (Wildman–Crippen MR) is 118 cm³/mol. The van der Waals surface area contributed by atoms with Crippen molar-refractivity contribution < 1.29 is 23.1 Å². The molecular weight excluding hydrogens is 437 g/mol. The van der Waals surface area contributed by atoms with E-state index in [9.17, 15) is 22.8 Å². The average Bonchev–Trinajstić information content (AvgIpc) is 2.76. The summed E-state index contributed by atoms with van der Waals surface area (Å²) in [5, 5.41) is 11.5. The molecule has 3 rings (SSSR count). The molecule has 0 saturated heterocycles. The zero-order valence-corrected chi connectivity index (χ0v) is 17.6. The van der Waals surface area contributed by atoms with Crippen molar-refractivity contribution in [2.45, 2.75) is 25.7 Å². The van der Waals surface area contributed by atoms with Crippen LogP contribution in [-0.2, 0) is 6.54 Å². The SMILES string of the molecule is C#CCN(Cc1ccc2nc(C)[nH]c(=O)c2c1)c1ccc(C(=O)NCC(O)C(F)(F)F)cc1. The Hall–Kier alpha value is -3.84. The lowest BCUT2D eigenvalue weighted by Crippen LogP contribution is -2.40. The van der Waals surface area contributed by atoms with Crippen molar-refractivity contribution in [3.05, 3.63) is 69.8 Å². The third-order valence-corrected chi connectivity index (χ3v) is 4.87. The summed E-state index contributed by atoms with van der Waals surface area (Å²) < 4.78 is 37.1. The normalized spacial score (nSPS) is 12.2. The number of halogens is 3. The Labute approximate surface area is 187 Å². The summed E-state index contributed by atoms with van der Waals surface area (Å²) in [5.41, 5.74) is 1.96. The van der Waals surface area contributed by atoms with Gasteiger partial charge in [-0.05, 0) is 48.9 Å². The molecule has 7 nitrogen and oxygen atoms in total. The summed E-state index contributed by atoms with van der Waals surface area (Å²) in [4.78, 5) is 33.1. The number of terminal acetylenes is 1. The molecule has 1 aromatic heterocycles. The van der Waals surface area contributed by atoms with E-state index in [1.54, 1.807) is 31.2 Å². The van der Waals surface area contributed by atoms with Crippen LogP contribution < -0.4 is 15.8 Å². The average molecular weight is 458 g/mol. The van der Waals surface area contributed by atoms with Crippen LogP contribution in [-0.4, -0.2) is 46.4 Å². The lowest BCUT2D eigenvalue weighted by molar-refractivity contribution is -0.201. The number of anilines is 1. The monoisotopic (exact) mass is 458 g/mol. The number of H-pyrrole nitrogens is 1. The molecule has 172 valence electrons. The summed E-state index contributed by atoms with van der Waals surface area (Å²) >= 11 is 0. The topological polar surface area (TPSA) is 98.3 Å². The number of nitrogens with one attached hydrogen (secondary N) is 2. The van der Waals surface area contributed by atoms with Crippen molar-refractivity contribution in [3.8, 4) is 12.3 Å². The van der Waals surface area contributed by atoms with Gasteiger partial charge in [-0.25, -0.2) is 4.98 Å². The molecule has 2 aromatic carbocycles. The first-order chi connectivity index (χ1) is 15.6. The van der Waals surface area contributed by atoms with Crippen molar-refractivity contribution in [1.29, 1.82) is 0 Å². The van der Waals surface area contributed by atoms with Gasteiger partial charge < -0.3 is 20.3 Å². The van der Waals surface area contributed by atoms with Gasteiger partial charge in [0, 0.05) is 17.8 Å². The fraction of sp³-hybridized carbons (Fsp3) is 0.261. The highest BCUT2D eigenvalue weighted by atomic mass is 19.4. The van der Waals surface area contributed by atoms with E-state index in [2.05, 4.69) is 21.2 Å². The number of benzene rings is 2. The molecule has 10 heteroatoms. The van der Waals surface area contributed by atoms with Crippen molar-refractivity contribution in [2.24, 2.45) is 0 Å². The third-order valence-electron chi connectivity index (χ3n) is 4.87. The maximum absolute atomic E-state index is 12.4. The zero-order valence-electron chi connectivity index (χ0n) is 17.6. The van der Waals surface area contributed by atoms with Gasteiger partial charge in [0.15, 0.2) is 6.10 Å². The highest BCUT2D eigenvalue weighted by Gasteiger charge is 2.38. The van der Waals surface area contributed by atoms with Crippen LogP contribution in [0, 0.1) is 19.3 Å². The summed E-state index contributed by atoms with van der Waals surface area (Å²) in [7, 11) is 0. The molecule has 0 saturated carbocycles. The fourth-order valence-corrected chi connectivity index (χ4v) is 3.20. The van der Waals surface area contributed by atoms with Gasteiger partial charge in [-0.3, -0.25) is 9.59 Å². The number of fused-ring (bicyclic) bond motifs is 1. The van der Waals surface area contributed by atoms with E-state index >= 15 is 0 Å². The molecule has 0 fully saturated rings. The Morgan fingerprint density at radius 1 is 1.27 bits per heavy atom. The van der Waals surface area contributed by atoms with Gasteiger partial charge in [0.2, 0.25) is 0 Å². The van der Waals surface area contributed by atoms with Gasteiger partial charge in [0.25, 0.3) is 11.5 Å². The fourth-order valence-electron chi connectivity index (χ4n) is 3.20. The molecule has 0 aliphatic carbocycles. The van der Waals surface area contributed by atoms with Crippen LogP contribution in [0.25, 0.3) is 10.9 Å². The summed E-state index contributed by atoms with van der Waals surface area (Å²) in [5.74, 6) is 2.33. The van der Waals surface area contributed by atoms with Gasteiger partial charge in [0.05, 0.1) is 24.0 Å². The predicted octanol–water partition coefficient (Wildman–Crippen LogP) is 2.52. The molecule has 1 atom stereocenters. The minimum Gasteiger partial charge on any atom is -0.382 e. The molecule has 0 aliphatic heterocycles. The van der Waals surface area contributed by atoms with Crippen LogP contribution >= 0.6 is 0 Å². The van der Waals surface area contributed by atoms with E-state index in [1.807, 2.05) is 11.0 Å². The Balaban J connectivity index is 1.75. The zero-order chi connectivity index (χ0) is 24.2. The molecule has 3 N–H and O–H groups in total. The molecule has 0 radical (unpaired) electrons. The lowest BCUT2D eigenvalue weighted by atomic mass is 10.1. The van der Waals surface area contributed by atoms with Gasteiger partial charge in [-0.2, -0.15) is 13.2 Å². The molecule has 33 heavy (non-hydrogen) atoms. The number of nitrogens with zero attached hydrogens (tertiary/aromatic N) is 2. The van der Waals surface area contributed by atoms with E-state index in [-0.39, 0.29) is 17.7 Å². The number of aromatic amines is 1. The van der Waals surface area contributed by atoms with Crippen LogP contribution in [0.3, 0.4) is 0 Å². The largest absolute Gasteiger partial charge is 0.416 e. The Kier molecular flexibility index (Phi) is 7.04. The number of aliphatic hydroxyl groups is 1. The number of alkyl halides is 3. The smallest absolute Gasteiger partial charge is 0.382 e. The van der Waals surface area contributed by atoms with E-state index in [0.29, 0.717) is 29.0 Å². The summed E-state index contributed by atoms with van der Waals surface area (Å²) in [6, 6.07) is 11.5. The molecule has 1 unspecified atom stereocenters. The Bertz CT molecular complexity index is 1250. The van der Waals surface area contributed by atoms with Gasteiger partial charge in [-0.1, -0.05) is 12.0 Å². The van der Waals surface area contributed by atoms with Crippen molar-refractivity contribution in [1.82, 2.24) is 15.3 Å². The molecule has 3 aromatic rings. The number of hydrogen-bond acceptors (Lipinski definition) is 5. The minimum absolute atomic E-state index is 0.132. The number of aromatic nitrogens is 2. The van der Waals surface area contributed by atoms with Crippen LogP contribution in [0.2, 0.25) is 0 Å². The first-order valence-corrected chi connectivity index (χ1v) is 9.89. The molecule has 1 amide bonds.